The van der Waals surface area contributed by atoms with Gasteiger partial charge in [0.05, 0.1) is 0 Å². The van der Waals surface area contributed by atoms with Crippen LogP contribution in [0.15, 0.2) is 42.5 Å². The molecule has 0 unspecified atom stereocenters. The SMILES string of the molecule is Clc1ccccc1CN1CCN(c2ccc3c(c2)OCCO3)CC1. The highest BCUT2D eigenvalue weighted by Gasteiger charge is 2.20. The standard InChI is InChI=1S/C19H21ClN2O2/c20-17-4-2-1-3-15(17)14-21-7-9-22(10-8-21)16-5-6-18-19(13-16)24-12-11-23-18/h1-6,13H,7-12,14H2. The molecular formula is C19H21ClN2O2. The Morgan fingerprint density at radius 2 is 1.62 bits per heavy atom. The smallest absolute Gasteiger partial charge is 0.163 e. The van der Waals surface area contributed by atoms with Crippen molar-refractivity contribution in [2.24, 2.45) is 0 Å². The summed E-state index contributed by atoms with van der Waals surface area (Å²) in [5.41, 5.74) is 2.41. The van der Waals surface area contributed by atoms with Crippen LogP contribution in [0.2, 0.25) is 5.02 Å². The van der Waals surface area contributed by atoms with Gasteiger partial charge in [0.25, 0.3) is 0 Å². The van der Waals surface area contributed by atoms with E-state index in [0.717, 1.165) is 49.2 Å². The molecule has 0 saturated carbocycles. The summed E-state index contributed by atoms with van der Waals surface area (Å²) in [5.74, 6) is 1.71. The highest BCUT2D eigenvalue weighted by molar-refractivity contribution is 6.31. The van der Waals surface area contributed by atoms with E-state index in [1.807, 2.05) is 24.3 Å². The summed E-state index contributed by atoms with van der Waals surface area (Å²) in [6, 6.07) is 14.3. The molecule has 0 N–H and O–H groups in total. The number of fused-ring (bicyclic) bond motifs is 1. The van der Waals surface area contributed by atoms with Crippen molar-refractivity contribution >= 4 is 17.3 Å². The zero-order valence-corrected chi connectivity index (χ0v) is 14.3. The lowest BCUT2D eigenvalue weighted by Crippen LogP contribution is -2.46. The van der Waals surface area contributed by atoms with Crippen molar-refractivity contribution in [2.75, 3.05) is 44.3 Å². The molecule has 0 aromatic heterocycles. The second kappa shape index (κ2) is 6.91. The van der Waals surface area contributed by atoms with Gasteiger partial charge in [-0.2, -0.15) is 0 Å². The maximum atomic E-state index is 6.27. The predicted molar refractivity (Wildman–Crippen MR) is 96.4 cm³/mol. The van der Waals surface area contributed by atoms with Gasteiger partial charge in [0.1, 0.15) is 13.2 Å². The molecule has 2 aromatic carbocycles. The molecule has 126 valence electrons. The monoisotopic (exact) mass is 344 g/mol. The molecule has 2 aromatic rings. The second-order valence-corrected chi connectivity index (χ2v) is 6.59. The van der Waals surface area contributed by atoms with Crippen LogP contribution in [0.4, 0.5) is 5.69 Å². The number of ether oxygens (including phenoxy) is 2. The molecule has 0 spiro atoms. The van der Waals surface area contributed by atoms with Crippen molar-refractivity contribution in [3.63, 3.8) is 0 Å². The first kappa shape index (κ1) is 15.6. The molecule has 5 heteroatoms. The molecule has 2 aliphatic heterocycles. The Balaban J connectivity index is 1.38. The number of benzene rings is 2. The quantitative estimate of drug-likeness (QED) is 0.851. The van der Waals surface area contributed by atoms with E-state index in [0.29, 0.717) is 13.2 Å². The second-order valence-electron chi connectivity index (χ2n) is 6.18. The number of halogens is 1. The van der Waals surface area contributed by atoms with Gasteiger partial charge < -0.3 is 14.4 Å². The van der Waals surface area contributed by atoms with Crippen molar-refractivity contribution < 1.29 is 9.47 Å². The van der Waals surface area contributed by atoms with E-state index in [4.69, 9.17) is 21.1 Å². The molecule has 0 aliphatic carbocycles. The molecule has 2 aliphatic rings. The first-order valence-electron chi connectivity index (χ1n) is 8.40. The molecule has 4 nitrogen and oxygen atoms in total. The van der Waals surface area contributed by atoms with E-state index in [-0.39, 0.29) is 0 Å². The third kappa shape index (κ3) is 3.30. The van der Waals surface area contributed by atoms with Gasteiger partial charge in [0.2, 0.25) is 0 Å². The summed E-state index contributed by atoms with van der Waals surface area (Å²) >= 11 is 6.27. The molecule has 1 fully saturated rings. The number of hydrogen-bond acceptors (Lipinski definition) is 4. The maximum Gasteiger partial charge on any atom is 0.163 e. The molecule has 1 saturated heterocycles. The van der Waals surface area contributed by atoms with E-state index in [2.05, 4.69) is 28.0 Å². The average Bonchev–Trinajstić information content (AvgIpc) is 2.64. The number of piperazine rings is 1. The van der Waals surface area contributed by atoms with Crippen molar-refractivity contribution in [1.82, 2.24) is 4.90 Å². The topological polar surface area (TPSA) is 24.9 Å². The third-order valence-corrected chi connectivity index (χ3v) is 4.98. The average molecular weight is 345 g/mol. The normalized spacial score (nSPS) is 17.8. The van der Waals surface area contributed by atoms with Crippen LogP contribution in [0.3, 0.4) is 0 Å². The zero-order chi connectivity index (χ0) is 16.4. The van der Waals surface area contributed by atoms with Gasteiger partial charge in [0.15, 0.2) is 11.5 Å². The fourth-order valence-electron chi connectivity index (χ4n) is 3.26. The van der Waals surface area contributed by atoms with Crippen LogP contribution in [-0.2, 0) is 6.54 Å². The minimum Gasteiger partial charge on any atom is -0.486 e. The number of hydrogen-bond donors (Lipinski definition) is 0. The molecule has 0 amide bonds. The number of anilines is 1. The summed E-state index contributed by atoms with van der Waals surface area (Å²) in [5, 5.41) is 0.853. The Morgan fingerprint density at radius 1 is 0.875 bits per heavy atom. The summed E-state index contributed by atoms with van der Waals surface area (Å²) in [4.78, 5) is 4.86. The Morgan fingerprint density at radius 3 is 2.42 bits per heavy atom. The molecule has 0 radical (unpaired) electrons. The fraction of sp³-hybridized carbons (Fsp3) is 0.368. The van der Waals surface area contributed by atoms with Gasteiger partial charge in [-0.05, 0) is 23.8 Å². The van der Waals surface area contributed by atoms with Crippen LogP contribution in [-0.4, -0.2) is 44.3 Å². The molecule has 24 heavy (non-hydrogen) atoms. The fourth-order valence-corrected chi connectivity index (χ4v) is 3.46. The van der Waals surface area contributed by atoms with Crippen molar-refractivity contribution in [3.8, 4) is 11.5 Å². The molecular weight excluding hydrogens is 324 g/mol. The highest BCUT2D eigenvalue weighted by Crippen LogP contribution is 2.34. The Bertz CT molecular complexity index is 714. The van der Waals surface area contributed by atoms with Crippen LogP contribution < -0.4 is 14.4 Å². The van der Waals surface area contributed by atoms with E-state index in [1.165, 1.54) is 11.3 Å². The van der Waals surface area contributed by atoms with Gasteiger partial charge in [-0.15, -0.1) is 0 Å². The van der Waals surface area contributed by atoms with Gasteiger partial charge in [0, 0.05) is 49.5 Å². The molecule has 2 heterocycles. The van der Waals surface area contributed by atoms with Crippen molar-refractivity contribution in [2.45, 2.75) is 6.54 Å². The maximum absolute atomic E-state index is 6.27. The zero-order valence-electron chi connectivity index (χ0n) is 13.6. The predicted octanol–water partition coefficient (Wildman–Crippen LogP) is 3.43. The van der Waals surface area contributed by atoms with E-state index < -0.39 is 0 Å². The van der Waals surface area contributed by atoms with E-state index >= 15 is 0 Å². The molecule has 0 atom stereocenters. The van der Waals surface area contributed by atoms with Gasteiger partial charge in [-0.3, -0.25) is 4.90 Å². The third-order valence-electron chi connectivity index (χ3n) is 4.61. The summed E-state index contributed by atoms with van der Waals surface area (Å²) in [7, 11) is 0. The van der Waals surface area contributed by atoms with Gasteiger partial charge in [-0.1, -0.05) is 29.8 Å². The van der Waals surface area contributed by atoms with E-state index in [9.17, 15) is 0 Å². The Labute approximate surface area is 147 Å². The number of rotatable bonds is 3. The minimum absolute atomic E-state index is 0.627. The van der Waals surface area contributed by atoms with Crippen LogP contribution in [0, 0.1) is 0 Å². The lowest BCUT2D eigenvalue weighted by atomic mass is 10.2. The van der Waals surface area contributed by atoms with Crippen LogP contribution in [0.1, 0.15) is 5.56 Å². The Kier molecular flexibility index (Phi) is 4.50. The van der Waals surface area contributed by atoms with Crippen molar-refractivity contribution in [3.05, 3.63) is 53.1 Å². The summed E-state index contributed by atoms with van der Waals surface area (Å²) < 4.78 is 11.3. The van der Waals surface area contributed by atoms with Crippen LogP contribution in [0.5, 0.6) is 11.5 Å². The molecule has 0 bridgehead atoms. The Hall–Kier alpha value is -1.91. The highest BCUT2D eigenvalue weighted by atomic mass is 35.5. The lowest BCUT2D eigenvalue weighted by molar-refractivity contribution is 0.171. The molecule has 4 rings (SSSR count). The first-order chi connectivity index (χ1) is 11.8. The van der Waals surface area contributed by atoms with Crippen LogP contribution >= 0.6 is 11.6 Å². The summed E-state index contributed by atoms with van der Waals surface area (Å²) in [6.07, 6.45) is 0. The number of nitrogens with zero attached hydrogens (tertiary/aromatic N) is 2. The van der Waals surface area contributed by atoms with Crippen molar-refractivity contribution in [1.29, 1.82) is 0 Å². The van der Waals surface area contributed by atoms with Crippen LogP contribution in [0.25, 0.3) is 0 Å². The minimum atomic E-state index is 0.627. The summed E-state index contributed by atoms with van der Waals surface area (Å²) in [6.45, 7) is 6.23. The van der Waals surface area contributed by atoms with E-state index in [1.54, 1.807) is 0 Å². The first-order valence-corrected chi connectivity index (χ1v) is 8.78. The van der Waals surface area contributed by atoms with Gasteiger partial charge >= 0.3 is 0 Å². The van der Waals surface area contributed by atoms with Gasteiger partial charge in [-0.25, -0.2) is 0 Å². The largest absolute Gasteiger partial charge is 0.486 e. The lowest BCUT2D eigenvalue weighted by Gasteiger charge is -2.36.